The van der Waals surface area contributed by atoms with E-state index >= 15 is 0 Å². The largest absolute Gasteiger partial charge is 0.473 e. The third kappa shape index (κ3) is 12.1. The van der Waals surface area contributed by atoms with Crippen molar-refractivity contribution in [3.8, 4) is 11.5 Å². The lowest BCUT2D eigenvalue weighted by Gasteiger charge is -2.14. The van der Waals surface area contributed by atoms with Crippen molar-refractivity contribution in [3.05, 3.63) is 169 Å². The molecule has 10 nitrogen and oxygen atoms in total. The molecule has 11 heteroatoms. The van der Waals surface area contributed by atoms with Crippen molar-refractivity contribution in [1.29, 1.82) is 0 Å². The van der Waals surface area contributed by atoms with Crippen molar-refractivity contribution in [2.24, 2.45) is 0 Å². The van der Waals surface area contributed by atoms with Crippen molar-refractivity contribution in [1.82, 2.24) is 10.6 Å². The van der Waals surface area contributed by atoms with E-state index in [4.69, 9.17) is 9.47 Å². The molecule has 274 valence electrons. The van der Waals surface area contributed by atoms with Crippen LogP contribution >= 0.6 is 0 Å². The topological polar surface area (TPSA) is 125 Å². The van der Waals surface area contributed by atoms with E-state index in [1.807, 2.05) is 123 Å². The van der Waals surface area contributed by atoms with Gasteiger partial charge in [-0.3, -0.25) is 0 Å². The lowest BCUT2D eigenvalue weighted by molar-refractivity contribution is 0.299. The van der Waals surface area contributed by atoms with Crippen molar-refractivity contribution < 1.29 is 17.9 Å². The predicted octanol–water partition coefficient (Wildman–Crippen LogP) is 8.40. The molecule has 0 atom stereocenters. The molecule has 53 heavy (non-hydrogen) atoms. The molecule has 0 aliphatic carbocycles. The average molecular weight is 731 g/mol. The highest BCUT2D eigenvalue weighted by Crippen LogP contribution is 2.24. The number of hydrogen-bond acceptors (Lipinski definition) is 10. The van der Waals surface area contributed by atoms with Gasteiger partial charge in [0, 0.05) is 34.1 Å². The first-order valence-corrected chi connectivity index (χ1v) is 18.8. The van der Waals surface area contributed by atoms with Gasteiger partial charge in [0.2, 0.25) is 9.84 Å². The number of benzene rings is 5. The van der Waals surface area contributed by atoms with Gasteiger partial charge >= 0.3 is 0 Å². The Balaban J connectivity index is 1.06. The molecule has 0 aliphatic rings. The zero-order valence-electron chi connectivity index (χ0n) is 29.9. The maximum absolute atomic E-state index is 13.4. The molecule has 5 aromatic carbocycles. The Morgan fingerprint density at radius 1 is 0.547 bits per heavy atom. The van der Waals surface area contributed by atoms with E-state index in [0.717, 1.165) is 45.6 Å². The lowest BCUT2D eigenvalue weighted by atomic mass is 10.3. The van der Waals surface area contributed by atoms with Gasteiger partial charge in [-0.25, -0.2) is 8.42 Å². The molecule has 5 aromatic rings. The number of allylic oxidation sites excluding steroid dienone is 4. The summed E-state index contributed by atoms with van der Waals surface area (Å²) < 4.78 is 38.2. The monoisotopic (exact) mass is 730 g/mol. The smallest absolute Gasteiger partial charge is 0.206 e. The molecular formula is C42H46N6O4S. The van der Waals surface area contributed by atoms with E-state index in [1.54, 1.807) is 48.5 Å². The van der Waals surface area contributed by atoms with Crippen molar-refractivity contribution >= 4 is 32.6 Å². The summed E-state index contributed by atoms with van der Waals surface area (Å²) in [5, 5.41) is 19.8. The van der Waals surface area contributed by atoms with Gasteiger partial charge in [-0.05, 0) is 117 Å². The Bertz CT molecular complexity index is 2050. The van der Waals surface area contributed by atoms with Crippen LogP contribution in [-0.2, 0) is 9.84 Å². The van der Waals surface area contributed by atoms with Crippen LogP contribution in [0.4, 0.5) is 22.7 Å². The third-order valence-electron chi connectivity index (χ3n) is 7.85. The van der Waals surface area contributed by atoms with Crippen LogP contribution < -0.4 is 41.4 Å². The van der Waals surface area contributed by atoms with Crippen LogP contribution in [0.2, 0.25) is 0 Å². The van der Waals surface area contributed by atoms with Gasteiger partial charge in [-0.2, -0.15) is 0 Å². The summed E-state index contributed by atoms with van der Waals surface area (Å²) in [5.74, 6) is 1.59. The maximum Gasteiger partial charge on any atom is 0.206 e. The fourth-order valence-electron chi connectivity index (χ4n) is 5.06. The second-order valence-electron chi connectivity index (χ2n) is 11.6. The summed E-state index contributed by atoms with van der Waals surface area (Å²) in [6.45, 7) is 5.46. The minimum atomic E-state index is -3.70. The zero-order chi connectivity index (χ0) is 37.1. The Kier molecular flexibility index (Phi) is 14.2. The SMILES string of the molecule is C\C=C/C(=C\C(=C/C)NCOc1ccccc1)NCNc1ccc(S(=O)(=O)c2ccc(NCNc3cccc(NCOc4ccccc4)c3)cc2)cc1. The fourth-order valence-corrected chi connectivity index (χ4v) is 6.32. The standard InChI is InChI=1S/C42H46N6O4S/c1-3-12-36(27-33(4-2)47-31-51-39-15-7-5-8-16-39)45-29-43-34-19-23-41(24-20-34)53(49,50)42-25-21-35(22-26-42)44-30-46-37-13-11-14-38(28-37)48-32-52-40-17-9-6-10-18-40/h3-28,43-48H,29-32H2,1-2H3/b12-3-,33-4+,36-27+. The van der Waals surface area contributed by atoms with Crippen molar-refractivity contribution in [3.63, 3.8) is 0 Å². The fraction of sp³-hybridized carbons (Fsp3) is 0.143. The summed E-state index contributed by atoms with van der Waals surface area (Å²) in [6.07, 6.45) is 7.89. The second-order valence-corrected chi connectivity index (χ2v) is 13.5. The van der Waals surface area contributed by atoms with Crippen LogP contribution in [0.25, 0.3) is 0 Å². The first kappa shape index (κ1) is 37.9. The summed E-state index contributed by atoms with van der Waals surface area (Å²) in [4.78, 5) is 0.440. The van der Waals surface area contributed by atoms with Crippen molar-refractivity contribution in [2.45, 2.75) is 23.6 Å². The molecule has 0 aromatic heterocycles. The van der Waals surface area contributed by atoms with Crippen LogP contribution in [0.5, 0.6) is 11.5 Å². The molecule has 0 spiro atoms. The Morgan fingerprint density at radius 3 is 1.64 bits per heavy atom. The van der Waals surface area contributed by atoms with Gasteiger partial charge in [0.1, 0.15) is 11.5 Å². The van der Waals surface area contributed by atoms with E-state index in [2.05, 4.69) is 31.9 Å². The van der Waals surface area contributed by atoms with Crippen LogP contribution in [0.3, 0.4) is 0 Å². The molecule has 0 aliphatic heterocycles. The highest BCUT2D eigenvalue weighted by molar-refractivity contribution is 7.91. The number of para-hydroxylation sites is 2. The third-order valence-corrected chi connectivity index (χ3v) is 9.63. The molecule has 6 N–H and O–H groups in total. The summed E-state index contributed by atoms with van der Waals surface area (Å²) in [7, 11) is -3.70. The number of rotatable bonds is 20. The number of ether oxygens (including phenoxy) is 2. The summed E-state index contributed by atoms with van der Waals surface area (Å²) >= 11 is 0. The number of nitrogens with one attached hydrogen (secondary N) is 6. The normalized spacial score (nSPS) is 11.8. The minimum Gasteiger partial charge on any atom is -0.473 e. The highest BCUT2D eigenvalue weighted by atomic mass is 32.2. The van der Waals surface area contributed by atoms with Crippen LogP contribution in [0, 0.1) is 0 Å². The first-order chi connectivity index (χ1) is 25.9. The van der Waals surface area contributed by atoms with Crippen LogP contribution in [0.1, 0.15) is 13.8 Å². The molecule has 0 unspecified atom stereocenters. The van der Waals surface area contributed by atoms with Gasteiger partial charge in [0.05, 0.1) is 23.1 Å². The molecule has 0 saturated carbocycles. The molecular weight excluding hydrogens is 685 g/mol. The van der Waals surface area contributed by atoms with Gasteiger partial charge in [0.15, 0.2) is 13.5 Å². The van der Waals surface area contributed by atoms with Gasteiger partial charge < -0.3 is 41.4 Å². The minimum absolute atomic E-state index is 0.220. The number of sulfone groups is 1. The van der Waals surface area contributed by atoms with Gasteiger partial charge in [-0.1, -0.05) is 54.6 Å². The van der Waals surface area contributed by atoms with Gasteiger partial charge in [0.25, 0.3) is 0 Å². The van der Waals surface area contributed by atoms with Crippen LogP contribution in [-0.4, -0.2) is 35.2 Å². The average Bonchev–Trinajstić information content (AvgIpc) is 3.19. The molecule has 0 saturated heterocycles. The second kappa shape index (κ2) is 19.9. The zero-order valence-corrected chi connectivity index (χ0v) is 30.7. The molecule has 0 radical (unpaired) electrons. The molecule has 0 bridgehead atoms. The number of anilines is 4. The molecule has 5 rings (SSSR count). The van der Waals surface area contributed by atoms with Crippen molar-refractivity contribution in [2.75, 3.05) is 48.1 Å². The van der Waals surface area contributed by atoms with E-state index in [-0.39, 0.29) is 9.79 Å². The van der Waals surface area contributed by atoms with Gasteiger partial charge in [-0.15, -0.1) is 0 Å². The van der Waals surface area contributed by atoms with E-state index in [1.165, 1.54) is 0 Å². The Hall–Kier alpha value is -6.33. The first-order valence-electron chi connectivity index (χ1n) is 17.3. The predicted molar refractivity (Wildman–Crippen MR) is 216 cm³/mol. The molecule has 0 fully saturated rings. The number of hydrogen-bond donors (Lipinski definition) is 6. The molecule has 0 heterocycles. The summed E-state index contributed by atoms with van der Waals surface area (Å²) in [6, 6.07) is 40.6. The lowest BCUT2D eigenvalue weighted by Crippen LogP contribution is -2.23. The Labute approximate surface area is 312 Å². The van der Waals surface area contributed by atoms with E-state index in [9.17, 15) is 8.42 Å². The highest BCUT2D eigenvalue weighted by Gasteiger charge is 2.17. The maximum atomic E-state index is 13.4. The quantitative estimate of drug-likeness (QED) is 0.0344. The van der Waals surface area contributed by atoms with Crippen LogP contribution in [0.15, 0.2) is 179 Å². The summed E-state index contributed by atoms with van der Waals surface area (Å²) in [5.41, 5.74) is 5.21. The van der Waals surface area contributed by atoms with E-state index < -0.39 is 9.84 Å². The molecule has 0 amide bonds. The van der Waals surface area contributed by atoms with E-state index in [0.29, 0.717) is 26.8 Å². The Morgan fingerprint density at radius 2 is 1.08 bits per heavy atom.